The normalized spacial score (nSPS) is 14.0. The SMILES string of the molecule is O=C(O)C(=O)OCl.O=C1OC2(c3ccc(O)cc3Oc3cc(O)ccc32)c2ccccc21. The first-order valence-electron chi connectivity index (χ1n) is 9.01. The Morgan fingerprint density at radius 2 is 1.44 bits per heavy atom. The zero-order chi connectivity index (χ0) is 23.0. The summed E-state index contributed by atoms with van der Waals surface area (Å²) in [5.41, 5.74) is 1.28. The highest BCUT2D eigenvalue weighted by molar-refractivity contribution is 6.34. The summed E-state index contributed by atoms with van der Waals surface area (Å²) >= 11 is 4.32. The van der Waals surface area contributed by atoms with E-state index in [0.717, 1.165) is 0 Å². The number of carbonyl (C=O) groups is 3. The number of carbonyl (C=O) groups excluding carboxylic acids is 2. The second kappa shape index (κ2) is 7.78. The number of benzene rings is 3. The largest absolute Gasteiger partial charge is 0.508 e. The smallest absolute Gasteiger partial charge is 0.435 e. The number of fused-ring (bicyclic) bond motifs is 6. The molecule has 0 fully saturated rings. The molecule has 2 heterocycles. The fourth-order valence-electron chi connectivity index (χ4n) is 3.69. The number of aliphatic carboxylic acids is 1. The van der Waals surface area contributed by atoms with Crippen LogP contribution in [0.5, 0.6) is 23.0 Å². The standard InChI is InChI=1S/C20H12O5.C2HClO4/c21-11-5-7-15-17(9-11)24-18-10-12(22)6-8-16(18)20(15)14-4-2-1-3-13(14)19(23)25-20;3-7-2(6)1(4)5/h1-10,21-22H;(H,4,5). The minimum absolute atomic E-state index is 0.0371. The van der Waals surface area contributed by atoms with E-state index < -0.39 is 23.5 Å². The Bertz CT molecular complexity index is 1220. The van der Waals surface area contributed by atoms with Gasteiger partial charge >= 0.3 is 17.9 Å². The number of rotatable bonds is 0. The number of carboxylic acids is 1. The summed E-state index contributed by atoms with van der Waals surface area (Å²) in [7, 11) is 0. The van der Waals surface area contributed by atoms with Crippen LogP contribution in [0.4, 0.5) is 0 Å². The average molecular weight is 457 g/mol. The summed E-state index contributed by atoms with van der Waals surface area (Å²) in [5.74, 6) is -2.76. The molecule has 5 rings (SSSR count). The molecule has 0 unspecified atom stereocenters. The predicted octanol–water partition coefficient (Wildman–Crippen LogP) is 3.43. The van der Waals surface area contributed by atoms with Crippen molar-refractivity contribution in [3.63, 3.8) is 0 Å². The van der Waals surface area contributed by atoms with Crippen LogP contribution < -0.4 is 4.74 Å². The average Bonchev–Trinajstić information content (AvgIpc) is 3.06. The van der Waals surface area contributed by atoms with Crippen molar-refractivity contribution >= 4 is 29.8 Å². The molecule has 3 N–H and O–H groups in total. The summed E-state index contributed by atoms with van der Waals surface area (Å²) in [4.78, 5) is 31.5. The highest BCUT2D eigenvalue weighted by atomic mass is 35.5. The van der Waals surface area contributed by atoms with Gasteiger partial charge in [-0.2, -0.15) is 0 Å². The molecule has 0 radical (unpaired) electrons. The Balaban J connectivity index is 0.000000307. The summed E-state index contributed by atoms with van der Waals surface area (Å²) in [6.45, 7) is 0. The molecule has 32 heavy (non-hydrogen) atoms. The minimum atomic E-state index is -1.70. The molecule has 1 spiro atoms. The maximum atomic E-state index is 12.5. The lowest BCUT2D eigenvalue weighted by Crippen LogP contribution is -2.32. The first-order valence-corrected chi connectivity index (χ1v) is 9.32. The van der Waals surface area contributed by atoms with E-state index in [0.29, 0.717) is 33.8 Å². The first-order chi connectivity index (χ1) is 15.3. The van der Waals surface area contributed by atoms with E-state index in [-0.39, 0.29) is 11.5 Å². The van der Waals surface area contributed by atoms with E-state index in [1.54, 1.807) is 24.3 Å². The van der Waals surface area contributed by atoms with Crippen LogP contribution >= 0.6 is 11.9 Å². The minimum Gasteiger partial charge on any atom is -0.508 e. The maximum absolute atomic E-state index is 12.5. The van der Waals surface area contributed by atoms with Crippen molar-refractivity contribution in [2.75, 3.05) is 0 Å². The molecule has 162 valence electrons. The summed E-state index contributed by atoms with van der Waals surface area (Å²) in [6, 6.07) is 16.6. The van der Waals surface area contributed by atoms with Gasteiger partial charge in [0, 0.05) is 28.8 Å². The lowest BCUT2D eigenvalue weighted by atomic mass is 9.77. The molecule has 2 aliphatic heterocycles. The van der Waals surface area contributed by atoms with Crippen molar-refractivity contribution in [2.45, 2.75) is 5.60 Å². The zero-order valence-corrected chi connectivity index (χ0v) is 16.7. The van der Waals surface area contributed by atoms with Crippen LogP contribution in [0.2, 0.25) is 0 Å². The lowest BCUT2D eigenvalue weighted by Gasteiger charge is -2.36. The van der Waals surface area contributed by atoms with Crippen LogP contribution in [0.3, 0.4) is 0 Å². The molecule has 0 bridgehead atoms. The molecule has 10 heteroatoms. The second-order valence-corrected chi connectivity index (χ2v) is 6.90. The Kier molecular flexibility index (Phi) is 5.11. The fourth-order valence-corrected chi connectivity index (χ4v) is 3.75. The number of hydrogen-bond acceptors (Lipinski definition) is 8. The number of esters is 1. The highest BCUT2D eigenvalue weighted by Gasteiger charge is 2.53. The summed E-state index contributed by atoms with van der Waals surface area (Å²) in [6.07, 6.45) is 0. The Morgan fingerprint density at radius 1 is 0.875 bits per heavy atom. The third kappa shape index (κ3) is 3.25. The van der Waals surface area contributed by atoms with Gasteiger partial charge in [0.25, 0.3) is 0 Å². The molecule has 0 amide bonds. The number of halogens is 1. The van der Waals surface area contributed by atoms with Crippen molar-refractivity contribution in [3.05, 3.63) is 82.9 Å². The predicted molar refractivity (Wildman–Crippen MR) is 108 cm³/mol. The third-order valence-electron chi connectivity index (χ3n) is 4.93. The van der Waals surface area contributed by atoms with Crippen LogP contribution in [0, 0.1) is 0 Å². The number of hydrogen-bond donors (Lipinski definition) is 3. The molecule has 0 aromatic heterocycles. The molecular formula is C22H13ClO9. The maximum Gasteiger partial charge on any atom is 0.435 e. The second-order valence-electron chi connectivity index (χ2n) is 6.75. The quantitative estimate of drug-likeness (QED) is 0.342. The Labute approximate surface area is 185 Å². The van der Waals surface area contributed by atoms with Crippen LogP contribution in [0.25, 0.3) is 0 Å². The number of phenolic OH excluding ortho intramolecular Hbond substituents is 2. The van der Waals surface area contributed by atoms with Gasteiger partial charge in [-0.15, -0.1) is 0 Å². The van der Waals surface area contributed by atoms with Gasteiger partial charge in [-0.25, -0.2) is 14.4 Å². The zero-order valence-electron chi connectivity index (χ0n) is 15.9. The van der Waals surface area contributed by atoms with Gasteiger partial charge in [0.15, 0.2) is 5.60 Å². The van der Waals surface area contributed by atoms with Gasteiger partial charge in [0.05, 0.1) is 5.56 Å². The molecule has 9 nitrogen and oxygen atoms in total. The van der Waals surface area contributed by atoms with E-state index in [2.05, 4.69) is 16.2 Å². The van der Waals surface area contributed by atoms with Gasteiger partial charge in [0.1, 0.15) is 34.9 Å². The Morgan fingerprint density at radius 3 is 1.94 bits per heavy atom. The topological polar surface area (TPSA) is 140 Å². The fraction of sp³-hybridized carbons (Fsp3) is 0.0455. The van der Waals surface area contributed by atoms with E-state index in [9.17, 15) is 24.6 Å². The van der Waals surface area contributed by atoms with E-state index in [1.807, 2.05) is 12.1 Å². The van der Waals surface area contributed by atoms with Gasteiger partial charge in [0.2, 0.25) is 0 Å². The van der Waals surface area contributed by atoms with Crippen LogP contribution in [-0.4, -0.2) is 33.2 Å². The van der Waals surface area contributed by atoms with Crippen molar-refractivity contribution < 1.29 is 43.5 Å². The molecule has 0 saturated carbocycles. The summed E-state index contributed by atoms with van der Waals surface area (Å²) < 4.78 is 15.0. The molecule has 0 atom stereocenters. The number of ether oxygens (including phenoxy) is 2. The molecule has 0 aliphatic carbocycles. The van der Waals surface area contributed by atoms with Crippen LogP contribution in [-0.2, 0) is 24.2 Å². The van der Waals surface area contributed by atoms with Gasteiger partial charge < -0.3 is 29.1 Å². The van der Waals surface area contributed by atoms with Crippen molar-refractivity contribution in [2.24, 2.45) is 0 Å². The molecule has 3 aromatic rings. The lowest BCUT2D eigenvalue weighted by molar-refractivity contribution is -0.157. The third-order valence-corrected chi connectivity index (χ3v) is 5.07. The van der Waals surface area contributed by atoms with Gasteiger partial charge in [-0.05, 0) is 30.3 Å². The van der Waals surface area contributed by atoms with E-state index >= 15 is 0 Å². The molecule has 3 aromatic carbocycles. The van der Waals surface area contributed by atoms with Crippen LogP contribution in [0.1, 0.15) is 27.0 Å². The van der Waals surface area contributed by atoms with Crippen molar-refractivity contribution in [1.82, 2.24) is 0 Å². The van der Waals surface area contributed by atoms with E-state index in [4.69, 9.17) is 14.6 Å². The van der Waals surface area contributed by atoms with E-state index in [1.165, 1.54) is 24.3 Å². The Hall–Kier alpha value is -4.24. The molecule has 2 aliphatic rings. The van der Waals surface area contributed by atoms with Crippen molar-refractivity contribution in [3.8, 4) is 23.0 Å². The highest BCUT2D eigenvalue weighted by Crippen LogP contribution is 2.56. The van der Waals surface area contributed by atoms with Crippen molar-refractivity contribution in [1.29, 1.82) is 0 Å². The van der Waals surface area contributed by atoms with Gasteiger partial charge in [-0.1, -0.05) is 18.2 Å². The first kappa shape index (κ1) is 21.0. The number of phenols is 2. The monoisotopic (exact) mass is 456 g/mol. The molecule has 0 saturated heterocycles. The number of carboxylic acid groups (broad SMARTS) is 1. The van der Waals surface area contributed by atoms with Gasteiger partial charge in [-0.3, -0.25) is 0 Å². The number of aromatic hydroxyl groups is 2. The summed E-state index contributed by atoms with van der Waals surface area (Å²) in [5, 5.41) is 27.3. The van der Waals surface area contributed by atoms with Crippen LogP contribution in [0.15, 0.2) is 60.7 Å². The molecular weight excluding hydrogens is 444 g/mol.